The number of piperidine rings is 1. The van der Waals surface area contributed by atoms with E-state index in [9.17, 15) is 18.8 Å². The molecule has 1 fully saturated rings. The van der Waals surface area contributed by atoms with Crippen LogP contribution in [-0.2, 0) is 25.0 Å². The summed E-state index contributed by atoms with van der Waals surface area (Å²) in [4.78, 5) is 41.5. The Labute approximate surface area is 201 Å². The summed E-state index contributed by atoms with van der Waals surface area (Å²) in [5.74, 6) is -3.45. The molecule has 3 heterocycles. The Morgan fingerprint density at radius 1 is 0.971 bits per heavy atom. The van der Waals surface area contributed by atoms with Crippen LogP contribution in [0.1, 0.15) is 28.8 Å². The molecule has 182 valence electrons. The summed E-state index contributed by atoms with van der Waals surface area (Å²) < 4.78 is 30.1. The van der Waals surface area contributed by atoms with Gasteiger partial charge < -0.3 is 14.2 Å². The Morgan fingerprint density at radius 3 is 2.40 bits per heavy atom. The molecule has 5 rings (SSSR count). The molecule has 0 bridgehead atoms. The van der Waals surface area contributed by atoms with Crippen LogP contribution in [0.5, 0.6) is 5.75 Å². The number of fused-ring (bicyclic) bond motifs is 2. The zero-order chi connectivity index (χ0) is 24.4. The third-order valence-corrected chi connectivity index (χ3v) is 6.55. The predicted octanol–water partition coefficient (Wildman–Crippen LogP) is 2.84. The van der Waals surface area contributed by atoms with Gasteiger partial charge >= 0.3 is 17.8 Å². The summed E-state index contributed by atoms with van der Waals surface area (Å²) in [6, 6.07) is 12.8. The van der Waals surface area contributed by atoms with Gasteiger partial charge in [-0.1, -0.05) is 18.2 Å². The number of hydrogen-bond acceptors (Lipinski definition) is 7. The van der Waals surface area contributed by atoms with Crippen LogP contribution >= 0.6 is 0 Å². The van der Waals surface area contributed by atoms with E-state index in [4.69, 9.17) is 14.2 Å². The molecule has 0 radical (unpaired) electrons. The van der Waals surface area contributed by atoms with Crippen molar-refractivity contribution < 1.29 is 33.0 Å². The number of likely N-dealkylation sites (tertiary alicyclic amines) is 1. The maximum Gasteiger partial charge on any atom is 0.375 e. The van der Waals surface area contributed by atoms with E-state index in [0.29, 0.717) is 30.0 Å². The highest BCUT2D eigenvalue weighted by Gasteiger charge is 2.57. The van der Waals surface area contributed by atoms with Gasteiger partial charge in [0.1, 0.15) is 18.2 Å². The predicted molar refractivity (Wildman–Crippen MR) is 122 cm³/mol. The topological polar surface area (TPSA) is 85.4 Å². The summed E-state index contributed by atoms with van der Waals surface area (Å²) in [7, 11) is 0. The van der Waals surface area contributed by atoms with Gasteiger partial charge in [-0.05, 0) is 56.1 Å². The van der Waals surface area contributed by atoms with E-state index in [0.717, 1.165) is 38.1 Å². The number of hydrogen-bond donors (Lipinski definition) is 0. The minimum absolute atomic E-state index is 0.124. The first kappa shape index (κ1) is 23.0. The van der Waals surface area contributed by atoms with Crippen LogP contribution in [0.25, 0.3) is 0 Å². The van der Waals surface area contributed by atoms with Crippen LogP contribution in [0.3, 0.4) is 0 Å². The van der Waals surface area contributed by atoms with E-state index in [1.165, 1.54) is 17.0 Å². The van der Waals surface area contributed by atoms with Crippen LogP contribution in [0.2, 0.25) is 0 Å². The number of halogens is 1. The average molecular weight is 480 g/mol. The molecule has 0 N–H and O–H groups in total. The van der Waals surface area contributed by atoms with Gasteiger partial charge in [-0.3, -0.25) is 14.6 Å². The molecule has 0 aromatic heterocycles. The first-order valence-corrected chi connectivity index (χ1v) is 11.6. The standard InChI is InChI=1S/C26H25FN2O6/c27-19-4-3-5-20(16-19)33-15-14-28-12-10-18(11-13-28)17-29-25(32)21-6-1-2-7-22(21)26(29)34-23(30)8-9-24(31)35-26/h1-9,16,18H,10-15,17H2. The number of carbonyl (C=O) groups excluding carboxylic acids is 3. The van der Waals surface area contributed by atoms with Gasteiger partial charge in [0.2, 0.25) is 0 Å². The maximum atomic E-state index is 13.3. The molecule has 3 aliphatic rings. The smallest absolute Gasteiger partial charge is 0.375 e. The van der Waals surface area contributed by atoms with Gasteiger partial charge in [0.15, 0.2) is 0 Å². The van der Waals surface area contributed by atoms with Gasteiger partial charge in [0, 0.05) is 31.3 Å². The molecule has 0 atom stereocenters. The summed E-state index contributed by atoms with van der Waals surface area (Å²) >= 11 is 0. The zero-order valence-corrected chi connectivity index (χ0v) is 19.0. The molecule has 1 saturated heterocycles. The number of nitrogens with zero attached hydrogens (tertiary/aromatic N) is 2. The minimum Gasteiger partial charge on any atom is -0.492 e. The van der Waals surface area contributed by atoms with Crippen molar-refractivity contribution >= 4 is 17.8 Å². The van der Waals surface area contributed by atoms with Crippen molar-refractivity contribution in [3.63, 3.8) is 0 Å². The molecular weight excluding hydrogens is 455 g/mol. The number of esters is 2. The Balaban J connectivity index is 1.23. The Morgan fingerprint density at radius 2 is 1.69 bits per heavy atom. The first-order valence-electron chi connectivity index (χ1n) is 11.6. The van der Waals surface area contributed by atoms with Crippen molar-refractivity contribution in [1.29, 1.82) is 0 Å². The minimum atomic E-state index is -1.90. The third kappa shape index (κ3) is 4.64. The number of amides is 1. The van der Waals surface area contributed by atoms with Gasteiger partial charge in [0.25, 0.3) is 5.91 Å². The van der Waals surface area contributed by atoms with Crippen molar-refractivity contribution in [2.24, 2.45) is 5.92 Å². The number of carbonyl (C=O) groups is 3. The molecule has 1 amide bonds. The van der Waals surface area contributed by atoms with E-state index in [-0.39, 0.29) is 24.2 Å². The fourth-order valence-corrected chi connectivity index (χ4v) is 4.79. The largest absolute Gasteiger partial charge is 0.492 e. The average Bonchev–Trinajstić information content (AvgIpc) is 2.96. The molecular formula is C26H25FN2O6. The lowest BCUT2D eigenvalue weighted by Gasteiger charge is -2.39. The van der Waals surface area contributed by atoms with E-state index in [2.05, 4.69) is 4.90 Å². The van der Waals surface area contributed by atoms with Gasteiger partial charge in [0.05, 0.1) is 11.1 Å². The van der Waals surface area contributed by atoms with Gasteiger partial charge in [-0.2, -0.15) is 0 Å². The van der Waals surface area contributed by atoms with E-state index < -0.39 is 17.8 Å². The first-order chi connectivity index (χ1) is 16.9. The van der Waals surface area contributed by atoms with Crippen molar-refractivity contribution in [2.45, 2.75) is 18.8 Å². The zero-order valence-electron chi connectivity index (χ0n) is 19.0. The Hall–Kier alpha value is -3.72. The third-order valence-electron chi connectivity index (χ3n) is 6.55. The molecule has 3 aliphatic heterocycles. The lowest BCUT2D eigenvalue weighted by atomic mass is 9.96. The number of benzene rings is 2. The normalized spacial score (nSPS) is 19.9. The maximum absolute atomic E-state index is 13.3. The van der Waals surface area contributed by atoms with Crippen molar-refractivity contribution in [3.05, 3.63) is 77.6 Å². The van der Waals surface area contributed by atoms with Crippen LogP contribution in [-0.4, -0.2) is 60.4 Å². The van der Waals surface area contributed by atoms with Crippen molar-refractivity contribution in [2.75, 3.05) is 32.8 Å². The molecule has 1 spiro atoms. The van der Waals surface area contributed by atoms with Crippen LogP contribution < -0.4 is 4.74 Å². The molecule has 2 aromatic rings. The van der Waals surface area contributed by atoms with Crippen LogP contribution in [0, 0.1) is 11.7 Å². The van der Waals surface area contributed by atoms with E-state index in [1.807, 2.05) is 0 Å². The Bertz CT molecular complexity index is 1150. The van der Waals surface area contributed by atoms with E-state index in [1.54, 1.807) is 36.4 Å². The highest BCUT2D eigenvalue weighted by Crippen LogP contribution is 2.43. The van der Waals surface area contributed by atoms with Gasteiger partial charge in [-0.25, -0.2) is 14.0 Å². The van der Waals surface area contributed by atoms with Crippen LogP contribution in [0.4, 0.5) is 4.39 Å². The Kier molecular flexibility index (Phi) is 6.25. The van der Waals surface area contributed by atoms with E-state index >= 15 is 0 Å². The molecule has 9 heteroatoms. The van der Waals surface area contributed by atoms with Crippen molar-refractivity contribution in [1.82, 2.24) is 9.80 Å². The summed E-state index contributed by atoms with van der Waals surface area (Å²) in [5, 5.41) is 0. The van der Waals surface area contributed by atoms with Crippen LogP contribution in [0.15, 0.2) is 60.7 Å². The summed E-state index contributed by atoms with van der Waals surface area (Å²) in [5.41, 5.74) is 0.698. The SMILES string of the molecule is O=C1C=CC(=O)OC2(O1)c1ccccc1C(=O)N2CC1CCN(CCOc2cccc(F)c2)CC1. The molecule has 2 aromatic carbocycles. The van der Waals surface area contributed by atoms with Crippen molar-refractivity contribution in [3.8, 4) is 5.75 Å². The lowest BCUT2D eigenvalue weighted by molar-refractivity contribution is -0.275. The lowest BCUT2D eigenvalue weighted by Crippen LogP contribution is -2.52. The second-order valence-corrected chi connectivity index (χ2v) is 8.81. The number of rotatable bonds is 6. The summed E-state index contributed by atoms with van der Waals surface area (Å²) in [6.07, 6.45) is 3.61. The van der Waals surface area contributed by atoms with Gasteiger partial charge in [-0.15, -0.1) is 0 Å². The highest BCUT2D eigenvalue weighted by molar-refractivity contribution is 6.01. The monoisotopic (exact) mass is 480 g/mol. The summed E-state index contributed by atoms with van der Waals surface area (Å²) in [6.45, 7) is 3.00. The number of ether oxygens (including phenoxy) is 3. The fourth-order valence-electron chi connectivity index (χ4n) is 4.79. The highest BCUT2D eigenvalue weighted by atomic mass is 19.1. The molecule has 0 unspecified atom stereocenters. The molecule has 35 heavy (non-hydrogen) atoms. The second kappa shape index (κ2) is 9.50. The molecule has 0 aliphatic carbocycles. The molecule has 8 nitrogen and oxygen atoms in total. The quantitative estimate of drug-likeness (QED) is 0.588. The molecule has 0 saturated carbocycles. The second-order valence-electron chi connectivity index (χ2n) is 8.81. The fraction of sp³-hybridized carbons (Fsp3) is 0.346.